The minimum absolute atomic E-state index is 0.219. The molecule has 0 aliphatic rings. The van der Waals surface area contributed by atoms with Gasteiger partial charge in [0.15, 0.2) is 0 Å². The van der Waals surface area contributed by atoms with Crippen LogP contribution < -0.4 is 10.1 Å². The lowest BCUT2D eigenvalue weighted by Gasteiger charge is -2.27. The summed E-state index contributed by atoms with van der Waals surface area (Å²) in [4.78, 5) is 15.4. The van der Waals surface area contributed by atoms with Gasteiger partial charge in [0.2, 0.25) is 5.89 Å². The molecule has 2 N–H and O–H groups in total. The van der Waals surface area contributed by atoms with Crippen molar-refractivity contribution >= 4 is 6.29 Å². The summed E-state index contributed by atoms with van der Waals surface area (Å²) in [6, 6.07) is 10.9. The Morgan fingerprint density at radius 2 is 1.53 bits per heavy atom. The summed E-state index contributed by atoms with van der Waals surface area (Å²) >= 11 is 0. The first kappa shape index (κ1) is 29.1. The van der Waals surface area contributed by atoms with Gasteiger partial charge in [-0.15, -0.1) is 0 Å². The lowest BCUT2D eigenvalue weighted by molar-refractivity contribution is 0.112. The number of hydrogen-bond acceptors (Lipinski definition) is 6. The predicted molar refractivity (Wildman–Crippen MR) is 146 cm³/mol. The second kappa shape index (κ2) is 12.7. The third-order valence-electron chi connectivity index (χ3n) is 5.67. The number of aldehydes is 1. The topological polar surface area (TPSA) is 84.6 Å². The van der Waals surface area contributed by atoms with Crippen LogP contribution in [-0.2, 0) is 17.3 Å². The molecule has 0 unspecified atom stereocenters. The number of phenols is 1. The van der Waals surface area contributed by atoms with Gasteiger partial charge < -0.3 is 19.6 Å². The number of ether oxygens (including phenoxy) is 1. The molecule has 1 heterocycles. The number of aromatic hydroxyl groups is 1. The average Bonchev–Trinajstić information content (AvgIpc) is 3.28. The fraction of sp³-hybridized carbons (Fsp3) is 0.467. The molecule has 0 aliphatic heterocycles. The van der Waals surface area contributed by atoms with E-state index in [1.54, 1.807) is 30.5 Å². The van der Waals surface area contributed by atoms with Crippen LogP contribution in [0.4, 0.5) is 0 Å². The first-order valence-electron chi connectivity index (χ1n) is 12.6. The Morgan fingerprint density at radius 1 is 0.972 bits per heavy atom. The van der Waals surface area contributed by atoms with Gasteiger partial charge in [-0.25, -0.2) is 4.98 Å². The third-order valence-corrected chi connectivity index (χ3v) is 5.67. The summed E-state index contributed by atoms with van der Waals surface area (Å²) in [7, 11) is 0. The van der Waals surface area contributed by atoms with Gasteiger partial charge in [0.25, 0.3) is 0 Å². The van der Waals surface area contributed by atoms with Crippen LogP contribution in [0.25, 0.3) is 11.5 Å². The van der Waals surface area contributed by atoms with Gasteiger partial charge in [0.05, 0.1) is 12.3 Å². The van der Waals surface area contributed by atoms with Crippen molar-refractivity contribution in [1.29, 1.82) is 0 Å². The molecule has 36 heavy (non-hydrogen) atoms. The van der Waals surface area contributed by atoms with Gasteiger partial charge in [-0.3, -0.25) is 4.79 Å². The number of aromatic nitrogens is 1. The van der Waals surface area contributed by atoms with Gasteiger partial charge in [0, 0.05) is 28.7 Å². The van der Waals surface area contributed by atoms with Crippen LogP contribution in [0, 0.1) is 0 Å². The molecular weight excluding hydrogens is 452 g/mol. The van der Waals surface area contributed by atoms with Crippen molar-refractivity contribution in [2.45, 2.75) is 72.6 Å². The van der Waals surface area contributed by atoms with Crippen molar-refractivity contribution in [3.8, 4) is 23.0 Å². The summed E-state index contributed by atoms with van der Waals surface area (Å²) in [6.45, 7) is 19.3. The monoisotopic (exact) mass is 494 g/mol. The largest absolute Gasteiger partial charge is 0.507 e. The zero-order valence-electron chi connectivity index (χ0n) is 23.1. The molecule has 2 aromatic carbocycles. The molecule has 0 saturated heterocycles. The Labute approximate surface area is 216 Å². The number of carbonyl (C=O) groups is 1. The molecule has 3 aromatic rings. The molecule has 196 valence electrons. The van der Waals surface area contributed by atoms with Gasteiger partial charge in [-0.05, 0) is 60.3 Å². The lowest BCUT2D eigenvalue weighted by atomic mass is 9.78. The lowest BCUT2D eigenvalue weighted by Crippen LogP contribution is -2.17. The molecule has 0 aliphatic carbocycles. The summed E-state index contributed by atoms with van der Waals surface area (Å²) < 4.78 is 11.5. The second-order valence-corrected chi connectivity index (χ2v) is 10.8. The van der Waals surface area contributed by atoms with Crippen LogP contribution in [0.5, 0.6) is 11.5 Å². The highest BCUT2D eigenvalue weighted by Gasteiger charge is 2.27. The second-order valence-electron chi connectivity index (χ2n) is 10.8. The molecule has 1 aromatic heterocycles. The van der Waals surface area contributed by atoms with Crippen LogP contribution in [0.3, 0.4) is 0 Å². The van der Waals surface area contributed by atoms with E-state index in [1.165, 1.54) is 0 Å². The van der Waals surface area contributed by atoms with Crippen molar-refractivity contribution in [1.82, 2.24) is 10.3 Å². The van der Waals surface area contributed by atoms with E-state index in [1.807, 2.05) is 12.1 Å². The number of hydrogen-bond donors (Lipinski definition) is 2. The van der Waals surface area contributed by atoms with E-state index in [0.717, 1.165) is 41.8 Å². The third kappa shape index (κ3) is 8.23. The molecular formula is C30H42N2O4. The van der Waals surface area contributed by atoms with Crippen molar-refractivity contribution in [3.63, 3.8) is 0 Å². The molecule has 0 fully saturated rings. The molecule has 0 radical (unpaired) electrons. The number of oxazole rings is 1. The standard InChI is InChI=1S/C26H31NO4.C4H11N/c1-25(2,3)21-13-18(14-22(23(21)29)26(4,5)6)24-27-19(16-31-24)11-12-30-20-9-7-17(15-28)8-10-20;1-3-5-4-2/h7-10,13-16,29H,11-12H2,1-6H3;5H,3-4H2,1-2H3. The highest BCUT2D eigenvalue weighted by atomic mass is 16.5. The SMILES string of the molecule is CC(C)(C)c1cc(-c2nc(CCOc3ccc(C=O)cc3)co2)cc(C(C)(C)C)c1O.CCNCC. The molecule has 0 saturated carbocycles. The fourth-order valence-corrected chi connectivity index (χ4v) is 3.62. The molecule has 6 heteroatoms. The van der Waals surface area contributed by atoms with E-state index in [2.05, 4.69) is 65.7 Å². The predicted octanol–water partition coefficient (Wildman–Crippen LogP) is 6.69. The summed E-state index contributed by atoms with van der Waals surface area (Å²) in [5.41, 5.74) is 3.57. The smallest absolute Gasteiger partial charge is 0.226 e. The Bertz CT molecular complexity index is 1070. The van der Waals surface area contributed by atoms with Gasteiger partial charge in [-0.1, -0.05) is 55.4 Å². The summed E-state index contributed by atoms with van der Waals surface area (Å²) in [5, 5.41) is 14.0. The van der Waals surface area contributed by atoms with Gasteiger partial charge >= 0.3 is 0 Å². The molecule has 6 nitrogen and oxygen atoms in total. The molecule has 0 atom stereocenters. The first-order chi connectivity index (χ1) is 16.9. The number of benzene rings is 2. The van der Waals surface area contributed by atoms with Crippen LogP contribution in [0.1, 0.15) is 82.6 Å². The summed E-state index contributed by atoms with van der Waals surface area (Å²) in [5.74, 6) is 1.57. The van der Waals surface area contributed by atoms with Crippen molar-refractivity contribution < 1.29 is 19.1 Å². The molecule has 3 rings (SSSR count). The van der Waals surface area contributed by atoms with E-state index < -0.39 is 0 Å². The van der Waals surface area contributed by atoms with Crippen molar-refractivity contribution in [3.05, 3.63) is 65.0 Å². The normalized spacial score (nSPS) is 11.6. The van der Waals surface area contributed by atoms with Crippen LogP contribution in [0.15, 0.2) is 47.1 Å². The van der Waals surface area contributed by atoms with E-state index in [9.17, 15) is 9.90 Å². The quantitative estimate of drug-likeness (QED) is 0.339. The molecule has 0 spiro atoms. The highest BCUT2D eigenvalue weighted by Crippen LogP contribution is 2.41. The van der Waals surface area contributed by atoms with Gasteiger partial charge in [-0.2, -0.15) is 0 Å². The Kier molecular flexibility index (Phi) is 10.3. The fourth-order valence-electron chi connectivity index (χ4n) is 3.62. The maximum Gasteiger partial charge on any atom is 0.226 e. The van der Waals surface area contributed by atoms with Crippen LogP contribution >= 0.6 is 0 Å². The van der Waals surface area contributed by atoms with E-state index in [0.29, 0.717) is 36.0 Å². The average molecular weight is 495 g/mol. The number of nitrogens with zero attached hydrogens (tertiary/aromatic N) is 1. The van der Waals surface area contributed by atoms with Crippen molar-refractivity contribution in [2.24, 2.45) is 0 Å². The maximum atomic E-state index is 10.9. The van der Waals surface area contributed by atoms with Crippen molar-refractivity contribution in [2.75, 3.05) is 19.7 Å². The van der Waals surface area contributed by atoms with Gasteiger partial charge in [0.1, 0.15) is 24.0 Å². The Hall–Kier alpha value is -3.12. The molecule has 0 bridgehead atoms. The van der Waals surface area contributed by atoms with E-state index >= 15 is 0 Å². The maximum absolute atomic E-state index is 10.9. The molecule has 0 amide bonds. The zero-order valence-corrected chi connectivity index (χ0v) is 23.1. The number of phenolic OH excluding ortho intramolecular Hbond substituents is 1. The Morgan fingerprint density at radius 3 is 1.97 bits per heavy atom. The van der Waals surface area contributed by atoms with E-state index in [4.69, 9.17) is 9.15 Å². The van der Waals surface area contributed by atoms with Crippen LogP contribution in [-0.4, -0.2) is 36.1 Å². The van der Waals surface area contributed by atoms with Crippen LogP contribution in [0.2, 0.25) is 0 Å². The number of rotatable bonds is 8. The minimum Gasteiger partial charge on any atom is -0.507 e. The Balaban J connectivity index is 0.000000830. The summed E-state index contributed by atoms with van der Waals surface area (Å²) in [6.07, 6.45) is 3.05. The van der Waals surface area contributed by atoms with E-state index in [-0.39, 0.29) is 10.8 Å². The highest BCUT2D eigenvalue weighted by molar-refractivity contribution is 5.74. The number of carbonyl (C=O) groups excluding carboxylic acids is 1. The zero-order chi connectivity index (χ0) is 26.9. The first-order valence-corrected chi connectivity index (χ1v) is 12.6. The number of nitrogens with one attached hydrogen (secondary N) is 1. The minimum atomic E-state index is -0.219.